The van der Waals surface area contributed by atoms with E-state index in [2.05, 4.69) is 26.0 Å². The Morgan fingerprint density at radius 3 is 2.70 bits per heavy atom. The van der Waals surface area contributed by atoms with Crippen LogP contribution >= 0.6 is 0 Å². The van der Waals surface area contributed by atoms with Gasteiger partial charge in [-0.3, -0.25) is 9.20 Å². The third-order valence-corrected chi connectivity index (χ3v) is 4.82. The first kappa shape index (κ1) is 21.8. The summed E-state index contributed by atoms with van der Waals surface area (Å²) in [4.78, 5) is 40.7. The summed E-state index contributed by atoms with van der Waals surface area (Å²) in [6.45, 7) is 2.35. The molecule has 0 fully saturated rings. The number of amides is 3. The van der Waals surface area contributed by atoms with Gasteiger partial charge in [0.25, 0.3) is 0 Å². The molecule has 4 aromatic rings. The molecule has 4 rings (SSSR count). The molecule has 0 aliphatic heterocycles. The average molecular weight is 445 g/mol. The quantitative estimate of drug-likeness (QED) is 0.403. The van der Waals surface area contributed by atoms with Crippen molar-refractivity contribution in [2.24, 2.45) is 0 Å². The molecule has 3 aromatic heterocycles. The minimum atomic E-state index is -0.432. The fourth-order valence-electron chi connectivity index (χ4n) is 3.20. The van der Waals surface area contributed by atoms with Crippen molar-refractivity contribution < 1.29 is 9.59 Å². The van der Waals surface area contributed by atoms with Crippen molar-refractivity contribution in [3.05, 3.63) is 88.6 Å². The number of carbonyl (C=O) groups excluding carboxylic acids is 2. The van der Waals surface area contributed by atoms with Crippen LogP contribution in [0.25, 0.3) is 5.65 Å². The number of aromatic nitrogens is 4. The zero-order valence-corrected chi connectivity index (χ0v) is 18.0. The van der Waals surface area contributed by atoms with Crippen LogP contribution in [0, 0.1) is 6.92 Å². The number of benzene rings is 1. The summed E-state index contributed by atoms with van der Waals surface area (Å²) in [5.74, 6) is 0.225. The van der Waals surface area contributed by atoms with Crippen LogP contribution in [0.1, 0.15) is 17.5 Å². The minimum absolute atomic E-state index is 0.111. The van der Waals surface area contributed by atoms with E-state index in [9.17, 15) is 14.4 Å². The molecule has 10 nitrogen and oxygen atoms in total. The largest absolute Gasteiger partial charge is 0.350 e. The molecule has 0 aliphatic rings. The van der Waals surface area contributed by atoms with Gasteiger partial charge in [0.05, 0.1) is 6.54 Å². The van der Waals surface area contributed by atoms with Crippen LogP contribution in [0.5, 0.6) is 0 Å². The van der Waals surface area contributed by atoms with Gasteiger partial charge < -0.3 is 16.0 Å². The molecule has 0 unspecified atom stereocenters. The lowest BCUT2D eigenvalue weighted by Gasteiger charge is -2.09. The number of aryl methyl sites for hydroxylation is 1. The topological polar surface area (TPSA) is 122 Å². The second kappa shape index (κ2) is 9.77. The van der Waals surface area contributed by atoms with Crippen LogP contribution in [-0.2, 0) is 11.3 Å². The fourth-order valence-corrected chi connectivity index (χ4v) is 3.20. The zero-order valence-electron chi connectivity index (χ0n) is 18.0. The maximum absolute atomic E-state index is 12.4. The predicted octanol–water partition coefficient (Wildman–Crippen LogP) is 2.40. The maximum Gasteiger partial charge on any atom is 0.350 e. The van der Waals surface area contributed by atoms with Crippen LogP contribution < -0.4 is 21.6 Å². The zero-order chi connectivity index (χ0) is 23.2. The third-order valence-electron chi connectivity index (χ3n) is 4.82. The normalized spacial score (nSPS) is 10.7. The molecule has 1 aromatic carbocycles. The third kappa shape index (κ3) is 5.62. The summed E-state index contributed by atoms with van der Waals surface area (Å²) in [6.07, 6.45) is 3.45. The molecule has 0 spiro atoms. The molecule has 0 radical (unpaired) electrons. The van der Waals surface area contributed by atoms with Crippen molar-refractivity contribution in [2.75, 3.05) is 17.2 Å². The van der Waals surface area contributed by atoms with Crippen LogP contribution in [-0.4, -0.2) is 37.6 Å². The molecule has 0 atom stereocenters. The summed E-state index contributed by atoms with van der Waals surface area (Å²) >= 11 is 0. The van der Waals surface area contributed by atoms with Gasteiger partial charge in [0.15, 0.2) is 5.65 Å². The van der Waals surface area contributed by atoms with E-state index < -0.39 is 6.03 Å². The van der Waals surface area contributed by atoms with Crippen molar-refractivity contribution >= 4 is 29.1 Å². The molecule has 0 saturated heterocycles. The van der Waals surface area contributed by atoms with Crippen LogP contribution in [0.2, 0.25) is 0 Å². The second-order valence-electron chi connectivity index (χ2n) is 7.47. The number of carbonyl (C=O) groups is 2. The first-order chi connectivity index (χ1) is 16.0. The molecular formula is C23H23N7O3. The SMILES string of the molecule is Cc1ccc(NC(=O)CCNC(=O)Nc2cccc(Cn3nc4ccccn4c3=O)c2)nc1. The molecule has 0 aliphatic carbocycles. The molecule has 3 N–H and O–H groups in total. The Hall–Kier alpha value is -4.47. The van der Waals surface area contributed by atoms with E-state index in [4.69, 9.17) is 0 Å². The van der Waals surface area contributed by atoms with Crippen LogP contribution in [0.4, 0.5) is 16.3 Å². The highest BCUT2D eigenvalue weighted by Gasteiger charge is 2.09. The maximum atomic E-state index is 12.4. The molecule has 3 heterocycles. The Morgan fingerprint density at radius 1 is 1.03 bits per heavy atom. The highest BCUT2D eigenvalue weighted by molar-refractivity contribution is 5.91. The van der Waals surface area contributed by atoms with E-state index in [1.807, 2.05) is 25.1 Å². The van der Waals surface area contributed by atoms with Crippen molar-refractivity contribution in [3.8, 4) is 0 Å². The number of anilines is 2. The molecule has 33 heavy (non-hydrogen) atoms. The summed E-state index contributed by atoms with van der Waals surface area (Å²) in [6, 6.07) is 15.6. The van der Waals surface area contributed by atoms with Gasteiger partial charge in [-0.1, -0.05) is 24.3 Å². The van der Waals surface area contributed by atoms with E-state index in [-0.39, 0.29) is 31.1 Å². The molecule has 3 amide bonds. The fraction of sp³-hybridized carbons (Fsp3) is 0.174. The van der Waals surface area contributed by atoms with Gasteiger partial charge in [-0.25, -0.2) is 19.3 Å². The van der Waals surface area contributed by atoms with Gasteiger partial charge in [-0.2, -0.15) is 0 Å². The summed E-state index contributed by atoms with van der Waals surface area (Å²) < 4.78 is 2.84. The number of nitrogens with zero attached hydrogens (tertiary/aromatic N) is 4. The summed E-state index contributed by atoms with van der Waals surface area (Å²) in [7, 11) is 0. The first-order valence-electron chi connectivity index (χ1n) is 10.4. The van der Waals surface area contributed by atoms with E-state index in [1.54, 1.807) is 48.8 Å². The van der Waals surface area contributed by atoms with Crippen molar-refractivity contribution in [1.29, 1.82) is 0 Å². The van der Waals surface area contributed by atoms with Crippen molar-refractivity contribution in [3.63, 3.8) is 0 Å². The van der Waals surface area contributed by atoms with Gasteiger partial charge in [-0.15, -0.1) is 5.10 Å². The number of hydrogen-bond acceptors (Lipinski definition) is 5. The Labute approximate surface area is 189 Å². The molecule has 10 heteroatoms. The highest BCUT2D eigenvalue weighted by Crippen LogP contribution is 2.11. The molecule has 168 valence electrons. The van der Waals surface area contributed by atoms with E-state index >= 15 is 0 Å². The number of hydrogen-bond donors (Lipinski definition) is 3. The van der Waals surface area contributed by atoms with E-state index in [0.717, 1.165) is 11.1 Å². The van der Waals surface area contributed by atoms with Gasteiger partial charge in [0.2, 0.25) is 5.91 Å². The number of nitrogens with one attached hydrogen (secondary N) is 3. The van der Waals surface area contributed by atoms with E-state index in [0.29, 0.717) is 17.2 Å². The minimum Gasteiger partial charge on any atom is -0.337 e. The predicted molar refractivity (Wildman–Crippen MR) is 124 cm³/mol. The van der Waals surface area contributed by atoms with Gasteiger partial charge in [0.1, 0.15) is 5.82 Å². The van der Waals surface area contributed by atoms with Gasteiger partial charge >= 0.3 is 11.7 Å². The second-order valence-corrected chi connectivity index (χ2v) is 7.47. The van der Waals surface area contributed by atoms with Crippen molar-refractivity contribution in [1.82, 2.24) is 24.5 Å². The summed E-state index contributed by atoms with van der Waals surface area (Å²) in [5.41, 5.74) is 2.71. The number of pyridine rings is 2. The smallest absolute Gasteiger partial charge is 0.337 e. The number of rotatable bonds is 7. The standard InChI is InChI=1S/C23H23N7O3/c1-16-8-9-19(25-14-16)27-21(31)10-11-24-22(32)26-18-6-4-5-17(13-18)15-30-23(33)29-12-3-2-7-20(29)28-30/h2-9,12-14H,10-11,15H2,1H3,(H2,24,26,32)(H,25,27,31). The summed E-state index contributed by atoms with van der Waals surface area (Å²) in [5, 5.41) is 12.4. The lowest BCUT2D eigenvalue weighted by atomic mass is 10.2. The Balaban J connectivity index is 1.28. The lowest BCUT2D eigenvalue weighted by Crippen LogP contribution is -2.31. The highest BCUT2D eigenvalue weighted by atomic mass is 16.2. The number of urea groups is 1. The average Bonchev–Trinajstić information content (AvgIpc) is 3.11. The van der Waals surface area contributed by atoms with E-state index in [1.165, 1.54) is 9.08 Å². The van der Waals surface area contributed by atoms with Crippen LogP contribution in [0.15, 0.2) is 71.8 Å². The Bertz CT molecular complexity index is 1340. The number of fused-ring (bicyclic) bond motifs is 1. The molecule has 0 saturated carbocycles. The van der Waals surface area contributed by atoms with Crippen LogP contribution in [0.3, 0.4) is 0 Å². The monoisotopic (exact) mass is 445 g/mol. The first-order valence-corrected chi connectivity index (χ1v) is 10.4. The lowest BCUT2D eigenvalue weighted by molar-refractivity contribution is -0.116. The van der Waals surface area contributed by atoms with Crippen molar-refractivity contribution in [2.45, 2.75) is 19.9 Å². The molecular weight excluding hydrogens is 422 g/mol. The Morgan fingerprint density at radius 2 is 1.91 bits per heavy atom. The van der Waals surface area contributed by atoms with Gasteiger partial charge in [0, 0.05) is 31.0 Å². The molecule has 0 bridgehead atoms. The Kier molecular flexibility index (Phi) is 6.44. The van der Waals surface area contributed by atoms with Gasteiger partial charge in [-0.05, 0) is 48.4 Å².